The van der Waals surface area contributed by atoms with Gasteiger partial charge in [0.15, 0.2) is 0 Å². The van der Waals surface area contributed by atoms with E-state index in [1.165, 1.54) is 0 Å². The molecule has 0 heterocycles. The van der Waals surface area contributed by atoms with Crippen molar-refractivity contribution in [1.29, 1.82) is 0 Å². The SMILES string of the molecule is Cc1ccccc1N(O)C(=O)c1ccccc1I. The van der Waals surface area contributed by atoms with Crippen LogP contribution >= 0.6 is 22.6 Å². The molecule has 18 heavy (non-hydrogen) atoms. The van der Waals surface area contributed by atoms with Gasteiger partial charge in [-0.2, -0.15) is 5.06 Å². The van der Waals surface area contributed by atoms with Gasteiger partial charge in [0.25, 0.3) is 5.91 Å². The third kappa shape index (κ3) is 2.54. The molecule has 2 aromatic carbocycles. The third-order valence-electron chi connectivity index (χ3n) is 2.64. The quantitative estimate of drug-likeness (QED) is 0.509. The molecule has 0 unspecified atom stereocenters. The molecule has 1 amide bonds. The Kier molecular flexibility index (Phi) is 3.98. The van der Waals surface area contributed by atoms with Crippen LogP contribution in [0.15, 0.2) is 48.5 Å². The second-order valence-corrected chi connectivity index (χ2v) is 5.05. The van der Waals surface area contributed by atoms with Crippen LogP contribution in [0.2, 0.25) is 0 Å². The number of hydroxylamine groups is 1. The average molecular weight is 353 g/mol. The summed E-state index contributed by atoms with van der Waals surface area (Å²) >= 11 is 2.08. The minimum atomic E-state index is -0.422. The number of rotatable bonds is 2. The van der Waals surface area contributed by atoms with Gasteiger partial charge in [0.2, 0.25) is 0 Å². The number of amides is 1. The van der Waals surface area contributed by atoms with Crippen molar-refractivity contribution in [2.24, 2.45) is 0 Å². The summed E-state index contributed by atoms with van der Waals surface area (Å²) in [6.45, 7) is 1.85. The first-order valence-corrected chi connectivity index (χ1v) is 6.52. The second-order valence-electron chi connectivity index (χ2n) is 3.88. The van der Waals surface area contributed by atoms with E-state index < -0.39 is 5.91 Å². The van der Waals surface area contributed by atoms with Crippen molar-refractivity contribution < 1.29 is 10.0 Å². The third-order valence-corrected chi connectivity index (χ3v) is 3.58. The lowest BCUT2D eigenvalue weighted by Gasteiger charge is -2.17. The Morgan fingerprint density at radius 1 is 1.11 bits per heavy atom. The fourth-order valence-corrected chi connectivity index (χ4v) is 2.28. The number of halogens is 1. The van der Waals surface area contributed by atoms with Gasteiger partial charge >= 0.3 is 0 Å². The molecule has 0 spiro atoms. The van der Waals surface area contributed by atoms with Crippen molar-refractivity contribution >= 4 is 34.2 Å². The van der Waals surface area contributed by atoms with E-state index >= 15 is 0 Å². The van der Waals surface area contributed by atoms with Crippen molar-refractivity contribution in [2.45, 2.75) is 6.92 Å². The predicted octanol–water partition coefficient (Wildman–Crippen LogP) is 3.64. The molecule has 0 aliphatic carbocycles. The van der Waals surface area contributed by atoms with Crippen LogP contribution in [-0.2, 0) is 0 Å². The standard InChI is InChI=1S/C14H12INO2/c1-10-6-2-5-9-13(10)16(18)14(17)11-7-3-4-8-12(11)15/h2-9,18H,1H3. The van der Waals surface area contributed by atoms with Gasteiger partial charge in [-0.15, -0.1) is 0 Å². The van der Waals surface area contributed by atoms with Gasteiger partial charge in [-0.1, -0.05) is 30.3 Å². The van der Waals surface area contributed by atoms with Crippen molar-refractivity contribution in [1.82, 2.24) is 0 Å². The van der Waals surface area contributed by atoms with E-state index in [9.17, 15) is 10.0 Å². The Morgan fingerprint density at radius 3 is 2.39 bits per heavy atom. The molecule has 92 valence electrons. The lowest BCUT2D eigenvalue weighted by molar-refractivity contribution is 0.0853. The number of carbonyl (C=O) groups is 1. The summed E-state index contributed by atoms with van der Waals surface area (Å²) in [5, 5.41) is 10.7. The first-order chi connectivity index (χ1) is 8.61. The van der Waals surface area contributed by atoms with Crippen LogP contribution in [0.3, 0.4) is 0 Å². The Morgan fingerprint density at radius 2 is 1.72 bits per heavy atom. The zero-order valence-corrected chi connectivity index (χ0v) is 12.0. The highest BCUT2D eigenvalue weighted by atomic mass is 127. The first kappa shape index (κ1) is 13.0. The van der Waals surface area contributed by atoms with Gasteiger partial charge in [-0.25, -0.2) is 0 Å². The van der Waals surface area contributed by atoms with Crippen molar-refractivity contribution in [3.63, 3.8) is 0 Å². The van der Waals surface area contributed by atoms with Gasteiger partial charge < -0.3 is 0 Å². The lowest BCUT2D eigenvalue weighted by atomic mass is 10.1. The maximum Gasteiger partial charge on any atom is 0.283 e. The maximum atomic E-state index is 12.2. The zero-order chi connectivity index (χ0) is 13.1. The van der Waals surface area contributed by atoms with Crippen LogP contribution in [0.25, 0.3) is 0 Å². The van der Waals surface area contributed by atoms with E-state index in [2.05, 4.69) is 22.6 Å². The Bertz CT molecular complexity index is 584. The maximum absolute atomic E-state index is 12.2. The van der Waals surface area contributed by atoms with Crippen LogP contribution < -0.4 is 5.06 Å². The van der Waals surface area contributed by atoms with Crippen LogP contribution in [0.1, 0.15) is 15.9 Å². The average Bonchev–Trinajstić information content (AvgIpc) is 2.38. The van der Waals surface area contributed by atoms with Gasteiger partial charge in [0, 0.05) is 3.57 Å². The molecule has 0 bridgehead atoms. The lowest BCUT2D eigenvalue weighted by Crippen LogP contribution is -2.28. The van der Waals surface area contributed by atoms with E-state index in [4.69, 9.17) is 0 Å². The molecule has 2 rings (SSSR count). The predicted molar refractivity (Wildman–Crippen MR) is 78.9 cm³/mol. The number of para-hydroxylation sites is 1. The number of nitrogens with zero attached hydrogens (tertiary/aromatic N) is 1. The van der Waals surface area contributed by atoms with Gasteiger partial charge in [-0.05, 0) is 53.3 Å². The minimum absolute atomic E-state index is 0.422. The Labute approximate surface area is 119 Å². The van der Waals surface area contributed by atoms with Crippen LogP contribution in [0, 0.1) is 10.5 Å². The largest absolute Gasteiger partial charge is 0.283 e. The van der Waals surface area contributed by atoms with Crippen LogP contribution in [0.5, 0.6) is 0 Å². The summed E-state index contributed by atoms with van der Waals surface area (Å²) in [6, 6.07) is 14.4. The fraction of sp³-hybridized carbons (Fsp3) is 0.0714. The highest BCUT2D eigenvalue weighted by Gasteiger charge is 2.18. The molecule has 0 atom stereocenters. The summed E-state index contributed by atoms with van der Waals surface area (Å²) in [5.41, 5.74) is 1.84. The van der Waals surface area contributed by atoms with Crippen LogP contribution in [0.4, 0.5) is 5.69 Å². The van der Waals surface area contributed by atoms with E-state index in [-0.39, 0.29) is 0 Å². The normalized spacial score (nSPS) is 10.2. The van der Waals surface area contributed by atoms with Gasteiger partial charge in [0.1, 0.15) is 0 Å². The summed E-state index contributed by atoms with van der Waals surface area (Å²) in [6.07, 6.45) is 0. The van der Waals surface area contributed by atoms with E-state index in [1.807, 2.05) is 31.2 Å². The number of hydrogen-bond acceptors (Lipinski definition) is 2. The summed E-state index contributed by atoms with van der Waals surface area (Å²) in [7, 11) is 0. The molecule has 0 fully saturated rings. The first-order valence-electron chi connectivity index (χ1n) is 5.45. The summed E-state index contributed by atoms with van der Waals surface area (Å²) in [4.78, 5) is 12.2. The molecule has 2 aromatic rings. The van der Waals surface area contributed by atoms with Crippen molar-refractivity contribution in [3.05, 3.63) is 63.2 Å². The van der Waals surface area contributed by atoms with Crippen molar-refractivity contribution in [2.75, 3.05) is 5.06 Å². The molecule has 3 nitrogen and oxygen atoms in total. The van der Waals surface area contributed by atoms with E-state index in [1.54, 1.807) is 24.3 Å². The monoisotopic (exact) mass is 353 g/mol. The van der Waals surface area contributed by atoms with Gasteiger partial charge in [0.05, 0.1) is 11.3 Å². The number of hydrogen-bond donors (Lipinski definition) is 1. The van der Waals surface area contributed by atoms with Gasteiger partial charge in [-0.3, -0.25) is 10.0 Å². The number of carbonyl (C=O) groups excluding carboxylic acids is 1. The molecular weight excluding hydrogens is 341 g/mol. The second kappa shape index (κ2) is 5.49. The topological polar surface area (TPSA) is 40.5 Å². The minimum Gasteiger partial charge on any atom is -0.281 e. The molecule has 1 N–H and O–H groups in total. The molecule has 0 aliphatic heterocycles. The smallest absolute Gasteiger partial charge is 0.281 e. The van der Waals surface area contributed by atoms with Crippen LogP contribution in [-0.4, -0.2) is 11.1 Å². The molecule has 0 radical (unpaired) electrons. The Balaban J connectivity index is 2.36. The fourth-order valence-electron chi connectivity index (χ4n) is 1.66. The van der Waals surface area contributed by atoms with E-state index in [0.29, 0.717) is 16.3 Å². The highest BCUT2D eigenvalue weighted by Crippen LogP contribution is 2.21. The number of anilines is 1. The van der Waals surface area contributed by atoms with Crippen molar-refractivity contribution in [3.8, 4) is 0 Å². The molecule has 0 saturated carbocycles. The highest BCUT2D eigenvalue weighted by molar-refractivity contribution is 14.1. The molecule has 0 saturated heterocycles. The summed E-state index contributed by atoms with van der Waals surface area (Å²) in [5.74, 6) is -0.422. The molecule has 0 aliphatic rings. The van der Waals surface area contributed by atoms with E-state index in [0.717, 1.165) is 9.13 Å². The Hall–Kier alpha value is -1.40. The molecular formula is C14H12INO2. The number of aryl methyl sites for hydroxylation is 1. The summed E-state index contributed by atoms with van der Waals surface area (Å²) < 4.78 is 0.813. The number of benzene rings is 2. The molecule has 0 aromatic heterocycles. The zero-order valence-electron chi connectivity index (χ0n) is 9.80. The molecule has 4 heteroatoms.